The number of carbonyl (C=O) groups excluding carboxylic acids is 1. The number of rotatable bonds is 7. The number of carbonyl (C=O) groups is 1. The Hall–Kier alpha value is -1.59. The lowest BCUT2D eigenvalue weighted by atomic mass is 10.1. The van der Waals surface area contributed by atoms with Gasteiger partial charge in [-0.3, -0.25) is 9.69 Å². The van der Waals surface area contributed by atoms with E-state index in [4.69, 9.17) is 4.74 Å². The molecule has 106 valence electrons. The van der Waals surface area contributed by atoms with E-state index in [1.165, 1.54) is 18.2 Å². The first-order chi connectivity index (χ1) is 8.99. The highest BCUT2D eigenvalue weighted by atomic mass is 16.5. The summed E-state index contributed by atoms with van der Waals surface area (Å²) < 4.78 is 5.08. The molecule has 0 amide bonds. The van der Waals surface area contributed by atoms with Crippen molar-refractivity contribution in [2.45, 2.75) is 19.9 Å². The Labute approximate surface area is 113 Å². The van der Waals surface area contributed by atoms with E-state index in [1.54, 1.807) is 7.11 Å². The van der Waals surface area contributed by atoms with Gasteiger partial charge in [0.2, 0.25) is 0 Å². The maximum Gasteiger partial charge on any atom is 0.180 e. The van der Waals surface area contributed by atoms with Gasteiger partial charge in [-0.2, -0.15) is 0 Å². The van der Waals surface area contributed by atoms with Crippen molar-refractivity contribution in [2.24, 2.45) is 0 Å². The van der Waals surface area contributed by atoms with Gasteiger partial charge >= 0.3 is 0 Å². The molecule has 1 rings (SSSR count). The second-order valence-electron chi connectivity index (χ2n) is 4.49. The number of Topliss-reactive ketones (excluding diaryl/α,β-unsaturated/α-hetero) is 1. The molecule has 0 saturated carbocycles. The minimum absolute atomic E-state index is 0.0610. The number of likely N-dealkylation sites (N-methyl/N-ethyl adjacent to an activating group) is 1. The standard InChI is InChI=1S/C14H21NO4/c1-4-15(10(2)9-19-3)8-14(18)12-6-5-11(16)7-13(12)17/h5-7,10,16-17H,4,8-9H2,1-3H3. The van der Waals surface area contributed by atoms with Crippen LogP contribution in [0, 0.1) is 0 Å². The van der Waals surface area contributed by atoms with Crippen LogP contribution < -0.4 is 0 Å². The highest BCUT2D eigenvalue weighted by molar-refractivity contribution is 6.00. The topological polar surface area (TPSA) is 70.0 Å². The van der Waals surface area contributed by atoms with Crippen molar-refractivity contribution in [3.05, 3.63) is 23.8 Å². The number of ether oxygens (including phenoxy) is 1. The molecule has 1 atom stereocenters. The van der Waals surface area contributed by atoms with Gasteiger partial charge in [0, 0.05) is 19.2 Å². The summed E-state index contributed by atoms with van der Waals surface area (Å²) in [5.74, 6) is -0.433. The summed E-state index contributed by atoms with van der Waals surface area (Å²) in [5.41, 5.74) is 0.223. The van der Waals surface area contributed by atoms with Gasteiger partial charge in [0.15, 0.2) is 5.78 Å². The van der Waals surface area contributed by atoms with Crippen LogP contribution in [0.4, 0.5) is 0 Å². The molecule has 0 radical (unpaired) electrons. The van der Waals surface area contributed by atoms with Gasteiger partial charge in [-0.25, -0.2) is 0 Å². The maximum atomic E-state index is 12.1. The predicted octanol–water partition coefficient (Wildman–Crippen LogP) is 1.64. The van der Waals surface area contributed by atoms with Gasteiger partial charge in [-0.1, -0.05) is 6.92 Å². The quantitative estimate of drug-likeness (QED) is 0.735. The molecule has 0 heterocycles. The molecule has 1 aromatic rings. The maximum absolute atomic E-state index is 12.1. The van der Waals surface area contributed by atoms with Gasteiger partial charge in [0.1, 0.15) is 11.5 Å². The van der Waals surface area contributed by atoms with E-state index < -0.39 is 0 Å². The summed E-state index contributed by atoms with van der Waals surface area (Å²) in [6.45, 7) is 5.42. The van der Waals surface area contributed by atoms with Crippen molar-refractivity contribution < 1.29 is 19.7 Å². The monoisotopic (exact) mass is 267 g/mol. The molecule has 0 aliphatic heterocycles. The first kappa shape index (κ1) is 15.5. The molecule has 0 bridgehead atoms. The summed E-state index contributed by atoms with van der Waals surface area (Å²) in [6, 6.07) is 4.12. The first-order valence-electron chi connectivity index (χ1n) is 6.27. The first-order valence-corrected chi connectivity index (χ1v) is 6.27. The van der Waals surface area contributed by atoms with E-state index in [0.717, 1.165) is 6.54 Å². The second kappa shape index (κ2) is 7.11. The van der Waals surface area contributed by atoms with E-state index >= 15 is 0 Å². The lowest BCUT2D eigenvalue weighted by Gasteiger charge is -2.26. The molecule has 0 aliphatic carbocycles. The third-order valence-electron chi connectivity index (χ3n) is 3.07. The number of phenols is 2. The van der Waals surface area contributed by atoms with E-state index in [-0.39, 0.29) is 35.4 Å². The van der Waals surface area contributed by atoms with Crippen molar-refractivity contribution in [2.75, 3.05) is 26.8 Å². The molecule has 2 N–H and O–H groups in total. The van der Waals surface area contributed by atoms with Crippen LogP contribution in [0.1, 0.15) is 24.2 Å². The summed E-state index contributed by atoms with van der Waals surface area (Å²) in [7, 11) is 1.62. The Kier molecular flexibility index (Phi) is 5.79. The molecule has 0 fully saturated rings. The fourth-order valence-electron chi connectivity index (χ4n) is 1.95. The highest BCUT2D eigenvalue weighted by Crippen LogP contribution is 2.23. The van der Waals surface area contributed by atoms with Crippen molar-refractivity contribution in [3.63, 3.8) is 0 Å². The molecular weight excluding hydrogens is 246 g/mol. The fraction of sp³-hybridized carbons (Fsp3) is 0.500. The van der Waals surface area contributed by atoms with Crippen molar-refractivity contribution in [1.29, 1.82) is 0 Å². The van der Waals surface area contributed by atoms with Crippen LogP contribution in [-0.4, -0.2) is 53.7 Å². The normalized spacial score (nSPS) is 12.6. The molecule has 0 spiro atoms. The number of methoxy groups -OCH3 is 1. The minimum Gasteiger partial charge on any atom is -0.508 e. The smallest absolute Gasteiger partial charge is 0.180 e. The molecule has 1 unspecified atom stereocenters. The van der Waals surface area contributed by atoms with Crippen LogP contribution in [0.5, 0.6) is 11.5 Å². The van der Waals surface area contributed by atoms with Crippen LogP contribution in [0.3, 0.4) is 0 Å². The van der Waals surface area contributed by atoms with Gasteiger partial charge in [0.25, 0.3) is 0 Å². The predicted molar refractivity (Wildman–Crippen MR) is 72.7 cm³/mol. The zero-order valence-corrected chi connectivity index (χ0v) is 11.6. The third kappa shape index (κ3) is 4.22. The van der Waals surface area contributed by atoms with Crippen molar-refractivity contribution in [3.8, 4) is 11.5 Å². The van der Waals surface area contributed by atoms with Gasteiger partial charge < -0.3 is 14.9 Å². The largest absolute Gasteiger partial charge is 0.508 e. The SMILES string of the molecule is CCN(CC(=O)c1ccc(O)cc1O)C(C)COC. The van der Waals surface area contributed by atoms with Gasteiger partial charge in [-0.15, -0.1) is 0 Å². The average molecular weight is 267 g/mol. The number of ketones is 1. The Balaban J connectivity index is 2.77. The van der Waals surface area contributed by atoms with E-state index in [9.17, 15) is 15.0 Å². The molecule has 5 nitrogen and oxygen atoms in total. The zero-order chi connectivity index (χ0) is 14.4. The van der Waals surface area contributed by atoms with Gasteiger partial charge in [-0.05, 0) is 25.6 Å². The Morgan fingerprint density at radius 1 is 1.42 bits per heavy atom. The number of hydrogen-bond acceptors (Lipinski definition) is 5. The average Bonchev–Trinajstić information content (AvgIpc) is 2.35. The Morgan fingerprint density at radius 2 is 2.11 bits per heavy atom. The Morgan fingerprint density at radius 3 is 2.63 bits per heavy atom. The summed E-state index contributed by atoms with van der Waals surface area (Å²) >= 11 is 0. The van der Waals surface area contributed by atoms with E-state index in [1.807, 2.05) is 18.7 Å². The van der Waals surface area contributed by atoms with Crippen LogP contribution in [-0.2, 0) is 4.74 Å². The minimum atomic E-state index is -0.194. The third-order valence-corrected chi connectivity index (χ3v) is 3.07. The fourth-order valence-corrected chi connectivity index (χ4v) is 1.95. The second-order valence-corrected chi connectivity index (χ2v) is 4.49. The van der Waals surface area contributed by atoms with Gasteiger partial charge in [0.05, 0.1) is 18.7 Å². The number of benzene rings is 1. The van der Waals surface area contributed by atoms with Crippen molar-refractivity contribution >= 4 is 5.78 Å². The molecular formula is C14H21NO4. The number of nitrogens with zero attached hydrogens (tertiary/aromatic N) is 1. The van der Waals surface area contributed by atoms with Crippen LogP contribution >= 0.6 is 0 Å². The molecule has 5 heteroatoms. The summed E-state index contributed by atoms with van der Waals surface area (Å²) in [5, 5.41) is 18.9. The number of phenolic OH excluding ortho intramolecular Hbond substituents is 2. The molecule has 0 aromatic heterocycles. The molecule has 19 heavy (non-hydrogen) atoms. The number of aromatic hydroxyl groups is 2. The summed E-state index contributed by atoms with van der Waals surface area (Å²) in [4.78, 5) is 14.1. The lowest BCUT2D eigenvalue weighted by Crippen LogP contribution is -2.39. The van der Waals surface area contributed by atoms with Crippen LogP contribution in [0.2, 0.25) is 0 Å². The van der Waals surface area contributed by atoms with Crippen LogP contribution in [0.25, 0.3) is 0 Å². The van der Waals surface area contributed by atoms with E-state index in [0.29, 0.717) is 6.61 Å². The van der Waals surface area contributed by atoms with Crippen molar-refractivity contribution in [1.82, 2.24) is 4.90 Å². The molecule has 0 aliphatic rings. The zero-order valence-electron chi connectivity index (χ0n) is 11.6. The highest BCUT2D eigenvalue weighted by Gasteiger charge is 2.18. The molecule has 0 saturated heterocycles. The number of hydrogen-bond donors (Lipinski definition) is 2. The lowest BCUT2D eigenvalue weighted by molar-refractivity contribution is 0.0786. The molecule has 1 aromatic carbocycles. The Bertz CT molecular complexity index is 433. The van der Waals surface area contributed by atoms with E-state index in [2.05, 4.69) is 0 Å². The van der Waals surface area contributed by atoms with Crippen LogP contribution in [0.15, 0.2) is 18.2 Å². The summed E-state index contributed by atoms with van der Waals surface area (Å²) in [6.07, 6.45) is 0.